The Morgan fingerprint density at radius 2 is 2.10 bits per heavy atom. The van der Waals surface area contributed by atoms with Crippen LogP contribution in [0.5, 0.6) is 0 Å². The molecule has 2 rings (SSSR count). The van der Waals surface area contributed by atoms with Crippen molar-refractivity contribution in [3.05, 3.63) is 35.9 Å². The molecule has 0 aliphatic carbocycles. The topological polar surface area (TPSA) is 76.3 Å². The van der Waals surface area contributed by atoms with Gasteiger partial charge in [-0.05, 0) is 19.1 Å². The van der Waals surface area contributed by atoms with Crippen molar-refractivity contribution in [3.8, 4) is 0 Å². The van der Waals surface area contributed by atoms with Crippen molar-refractivity contribution >= 4 is 21.8 Å². The quantitative estimate of drug-likeness (QED) is 0.785. The standard InChI is InChI=1S/C12H15N3O3S2/c1-9-6-10(18-14-9)8-19-12-5-4-11(7-13-12)20(16,17)15(2)3/h4-7H,8H2,1-3H3. The van der Waals surface area contributed by atoms with E-state index in [1.165, 1.54) is 32.1 Å². The Morgan fingerprint density at radius 1 is 1.35 bits per heavy atom. The van der Waals surface area contributed by atoms with Crippen molar-refractivity contribution in [1.82, 2.24) is 14.4 Å². The molecule has 0 aliphatic rings. The van der Waals surface area contributed by atoms with Crippen LogP contribution >= 0.6 is 11.8 Å². The number of thioether (sulfide) groups is 1. The van der Waals surface area contributed by atoms with Gasteiger partial charge in [0, 0.05) is 26.4 Å². The Kier molecular flexibility index (Phi) is 4.46. The summed E-state index contributed by atoms with van der Waals surface area (Å²) in [5.74, 6) is 1.37. The lowest BCUT2D eigenvalue weighted by Gasteiger charge is -2.10. The Morgan fingerprint density at radius 3 is 2.60 bits per heavy atom. The smallest absolute Gasteiger partial charge is 0.244 e. The highest BCUT2D eigenvalue weighted by Crippen LogP contribution is 2.22. The molecule has 20 heavy (non-hydrogen) atoms. The van der Waals surface area contributed by atoms with Gasteiger partial charge in [-0.3, -0.25) is 0 Å². The van der Waals surface area contributed by atoms with Gasteiger partial charge in [-0.25, -0.2) is 17.7 Å². The van der Waals surface area contributed by atoms with E-state index in [1.54, 1.807) is 12.1 Å². The Bertz CT molecular complexity index is 678. The van der Waals surface area contributed by atoms with E-state index < -0.39 is 10.0 Å². The summed E-state index contributed by atoms with van der Waals surface area (Å²) >= 11 is 1.46. The molecular formula is C12H15N3O3S2. The van der Waals surface area contributed by atoms with E-state index in [2.05, 4.69) is 10.1 Å². The van der Waals surface area contributed by atoms with Crippen LogP contribution in [-0.2, 0) is 15.8 Å². The molecule has 2 aromatic rings. The number of nitrogens with zero attached hydrogens (tertiary/aromatic N) is 3. The first-order valence-corrected chi connectivity index (χ1v) is 8.26. The first-order chi connectivity index (χ1) is 9.39. The molecule has 6 nitrogen and oxygen atoms in total. The lowest BCUT2D eigenvalue weighted by molar-refractivity contribution is 0.391. The van der Waals surface area contributed by atoms with Crippen molar-refractivity contribution in [2.45, 2.75) is 22.6 Å². The van der Waals surface area contributed by atoms with E-state index in [0.717, 1.165) is 20.8 Å². The summed E-state index contributed by atoms with van der Waals surface area (Å²) in [7, 11) is -0.444. The molecule has 0 aliphatic heterocycles. The second-order valence-electron chi connectivity index (χ2n) is 4.34. The van der Waals surface area contributed by atoms with Gasteiger partial charge in [-0.1, -0.05) is 16.9 Å². The molecular weight excluding hydrogens is 298 g/mol. The maximum atomic E-state index is 11.9. The molecule has 0 spiro atoms. The highest BCUT2D eigenvalue weighted by Gasteiger charge is 2.17. The van der Waals surface area contributed by atoms with Gasteiger partial charge in [0.05, 0.1) is 16.5 Å². The zero-order valence-electron chi connectivity index (χ0n) is 11.4. The van der Waals surface area contributed by atoms with E-state index in [-0.39, 0.29) is 4.90 Å². The number of rotatable bonds is 5. The van der Waals surface area contributed by atoms with Gasteiger partial charge in [-0.15, -0.1) is 0 Å². The van der Waals surface area contributed by atoms with Gasteiger partial charge in [0.25, 0.3) is 0 Å². The molecule has 0 unspecified atom stereocenters. The molecule has 0 bridgehead atoms. The van der Waals surface area contributed by atoms with Crippen LogP contribution in [0.1, 0.15) is 11.5 Å². The summed E-state index contributed by atoms with van der Waals surface area (Å²) in [5, 5.41) is 4.53. The van der Waals surface area contributed by atoms with E-state index in [9.17, 15) is 8.42 Å². The maximum absolute atomic E-state index is 11.9. The van der Waals surface area contributed by atoms with Crippen LogP contribution in [0.4, 0.5) is 0 Å². The lowest BCUT2D eigenvalue weighted by Crippen LogP contribution is -2.22. The van der Waals surface area contributed by atoms with Crippen LogP contribution in [-0.4, -0.2) is 37.0 Å². The molecule has 0 atom stereocenters. The fourth-order valence-corrected chi connectivity index (χ4v) is 3.01. The predicted octanol–water partition coefficient (Wildman–Crippen LogP) is 1.92. The molecule has 8 heteroatoms. The van der Waals surface area contributed by atoms with E-state index in [1.807, 2.05) is 13.0 Å². The molecule has 0 aromatic carbocycles. The van der Waals surface area contributed by atoms with E-state index in [4.69, 9.17) is 4.52 Å². The largest absolute Gasteiger partial charge is 0.360 e. The molecule has 0 fully saturated rings. The maximum Gasteiger partial charge on any atom is 0.244 e. The van der Waals surface area contributed by atoms with Crippen molar-refractivity contribution in [1.29, 1.82) is 0 Å². The van der Waals surface area contributed by atoms with Crippen LogP contribution in [0.15, 0.2) is 38.8 Å². The van der Waals surface area contributed by atoms with Crippen molar-refractivity contribution < 1.29 is 12.9 Å². The molecule has 108 valence electrons. The number of pyridine rings is 1. The minimum Gasteiger partial charge on any atom is -0.360 e. The summed E-state index contributed by atoms with van der Waals surface area (Å²) in [6.45, 7) is 1.86. The number of aromatic nitrogens is 2. The number of sulfonamides is 1. The summed E-state index contributed by atoms with van der Waals surface area (Å²) < 4.78 is 30.0. The van der Waals surface area contributed by atoms with Gasteiger partial charge in [0.15, 0.2) is 0 Å². The molecule has 2 heterocycles. The molecule has 2 aromatic heterocycles. The second-order valence-corrected chi connectivity index (χ2v) is 7.49. The third-order valence-electron chi connectivity index (χ3n) is 2.53. The van der Waals surface area contributed by atoms with Crippen LogP contribution < -0.4 is 0 Å². The van der Waals surface area contributed by atoms with Crippen molar-refractivity contribution in [2.24, 2.45) is 0 Å². The summed E-state index contributed by atoms with van der Waals surface area (Å²) in [6.07, 6.45) is 1.36. The SMILES string of the molecule is Cc1cc(CSc2ccc(S(=O)(=O)N(C)C)cn2)on1. The average molecular weight is 313 g/mol. The normalized spacial score (nSPS) is 12.0. The average Bonchev–Trinajstić information content (AvgIpc) is 2.82. The zero-order chi connectivity index (χ0) is 14.8. The minimum absolute atomic E-state index is 0.183. The highest BCUT2D eigenvalue weighted by molar-refractivity contribution is 7.98. The summed E-state index contributed by atoms with van der Waals surface area (Å²) in [6, 6.07) is 5.10. The Labute approximate surface area is 122 Å². The Balaban J connectivity index is 2.05. The van der Waals surface area contributed by atoms with Gasteiger partial charge in [-0.2, -0.15) is 0 Å². The molecule has 0 saturated carbocycles. The Hall–Kier alpha value is -1.38. The fraction of sp³-hybridized carbons (Fsp3) is 0.333. The first kappa shape index (κ1) is 15.0. The predicted molar refractivity (Wildman–Crippen MR) is 75.9 cm³/mol. The first-order valence-electron chi connectivity index (χ1n) is 5.83. The molecule has 0 saturated heterocycles. The molecule has 0 N–H and O–H groups in total. The van der Waals surface area contributed by atoms with Crippen LogP contribution in [0.25, 0.3) is 0 Å². The van der Waals surface area contributed by atoms with Gasteiger partial charge >= 0.3 is 0 Å². The minimum atomic E-state index is -3.42. The van der Waals surface area contributed by atoms with Crippen molar-refractivity contribution in [2.75, 3.05) is 14.1 Å². The second kappa shape index (κ2) is 5.94. The van der Waals surface area contributed by atoms with Gasteiger partial charge in [0.2, 0.25) is 10.0 Å². The number of hydrogen-bond acceptors (Lipinski definition) is 6. The third kappa shape index (κ3) is 3.38. The van der Waals surface area contributed by atoms with Crippen LogP contribution in [0.2, 0.25) is 0 Å². The summed E-state index contributed by atoms with van der Waals surface area (Å²) in [4.78, 5) is 4.33. The van der Waals surface area contributed by atoms with E-state index in [0.29, 0.717) is 5.75 Å². The van der Waals surface area contributed by atoms with E-state index >= 15 is 0 Å². The van der Waals surface area contributed by atoms with Crippen LogP contribution in [0, 0.1) is 6.92 Å². The third-order valence-corrected chi connectivity index (χ3v) is 5.29. The van der Waals surface area contributed by atoms with Gasteiger partial charge < -0.3 is 4.52 Å². The fourth-order valence-electron chi connectivity index (χ4n) is 1.44. The highest BCUT2D eigenvalue weighted by atomic mass is 32.2. The lowest BCUT2D eigenvalue weighted by atomic mass is 10.4. The van der Waals surface area contributed by atoms with Gasteiger partial charge in [0.1, 0.15) is 10.7 Å². The molecule has 0 radical (unpaired) electrons. The van der Waals surface area contributed by atoms with Crippen LogP contribution in [0.3, 0.4) is 0 Å². The number of hydrogen-bond donors (Lipinski definition) is 0. The number of aryl methyl sites for hydroxylation is 1. The molecule has 0 amide bonds. The summed E-state index contributed by atoms with van der Waals surface area (Å²) in [5.41, 5.74) is 0.834. The van der Waals surface area contributed by atoms with Crippen molar-refractivity contribution in [3.63, 3.8) is 0 Å². The zero-order valence-corrected chi connectivity index (χ0v) is 13.0. The monoisotopic (exact) mass is 313 g/mol.